The predicted molar refractivity (Wildman–Crippen MR) is 149 cm³/mol. The van der Waals surface area contributed by atoms with Gasteiger partial charge in [0, 0.05) is 19.0 Å². The molecule has 0 aliphatic rings. The van der Waals surface area contributed by atoms with Crippen molar-refractivity contribution in [3.05, 3.63) is 29.3 Å². The van der Waals surface area contributed by atoms with Crippen molar-refractivity contribution in [2.75, 3.05) is 99.0 Å². The van der Waals surface area contributed by atoms with Gasteiger partial charge in [0.15, 0.2) is 11.6 Å². The molecule has 1 N–H and O–H groups in total. The summed E-state index contributed by atoms with van der Waals surface area (Å²) >= 11 is 0. The molecule has 1 aromatic rings. The highest BCUT2D eigenvalue weighted by atomic mass is 19.2. The van der Waals surface area contributed by atoms with Gasteiger partial charge in [-0.3, -0.25) is 9.59 Å². The van der Waals surface area contributed by atoms with Crippen LogP contribution in [0.4, 0.5) is 17.6 Å². The zero-order valence-electron chi connectivity index (χ0n) is 25.3. The number of halogens is 4. The third-order valence-corrected chi connectivity index (χ3v) is 5.55. The predicted octanol–water partition coefficient (Wildman–Crippen LogP) is 3.35. The molecule has 0 aromatic heterocycles. The maximum atomic E-state index is 13.5. The number of hydrogen-bond acceptors (Lipinski definition) is 10. The van der Waals surface area contributed by atoms with E-state index in [2.05, 4.69) is 17.0 Å². The Balaban J connectivity index is 1.78. The number of benzene rings is 1. The normalized spacial score (nSPS) is 11.2. The first-order valence-corrected chi connectivity index (χ1v) is 14.7. The van der Waals surface area contributed by atoms with E-state index in [4.69, 9.17) is 33.2 Å². The number of amides is 1. The fourth-order valence-electron chi connectivity index (χ4n) is 3.24. The molecule has 0 fully saturated rings. The number of carbonyl (C=O) groups is 2. The average molecular weight is 644 g/mol. The molecule has 1 aromatic carbocycles. The summed E-state index contributed by atoms with van der Waals surface area (Å²) in [5, 5.41) is 2.86. The summed E-state index contributed by atoms with van der Waals surface area (Å²) in [7, 11) is 0. The van der Waals surface area contributed by atoms with Gasteiger partial charge in [0.05, 0.1) is 98.9 Å². The molecule has 1 amide bonds. The molecule has 0 aliphatic carbocycles. The summed E-state index contributed by atoms with van der Waals surface area (Å²) in [5.74, 6) is -9.48. The van der Waals surface area contributed by atoms with Crippen LogP contribution in [0.3, 0.4) is 0 Å². The fourth-order valence-corrected chi connectivity index (χ4v) is 3.24. The van der Waals surface area contributed by atoms with Crippen LogP contribution in [0.5, 0.6) is 5.75 Å². The molecule has 15 heteroatoms. The summed E-state index contributed by atoms with van der Waals surface area (Å²) in [5.41, 5.74) is 0. The van der Waals surface area contributed by atoms with Gasteiger partial charge >= 0.3 is 5.97 Å². The second kappa shape index (κ2) is 27.0. The highest BCUT2D eigenvalue weighted by molar-refractivity contribution is 5.75. The lowest BCUT2D eigenvalue weighted by molar-refractivity contribution is -0.136. The zero-order chi connectivity index (χ0) is 32.3. The maximum Gasteiger partial charge on any atom is 0.313 e. The molecule has 0 atom stereocenters. The SMILES string of the molecule is CCCCCNC(=O)CCOCCOCCOCCOCCOCCOCCOCCC(=O)Oc1c(F)c(F)cc(F)c1F. The second-order valence-electron chi connectivity index (χ2n) is 9.12. The third kappa shape index (κ3) is 20.5. The van der Waals surface area contributed by atoms with Gasteiger partial charge in [-0.05, 0) is 6.42 Å². The van der Waals surface area contributed by atoms with Crippen molar-refractivity contribution in [2.45, 2.75) is 39.0 Å². The van der Waals surface area contributed by atoms with Crippen LogP contribution in [0.1, 0.15) is 39.0 Å². The standard InChI is InChI=1S/C29H45F4NO10/c1-2-3-4-7-34-25(35)5-8-37-10-12-39-14-16-41-18-20-43-21-19-42-17-15-40-13-11-38-9-6-26(36)44-29-27(32)23(30)22-24(31)28(29)33/h22H,2-21H2,1H3,(H,34,35). The van der Waals surface area contributed by atoms with Crippen LogP contribution < -0.4 is 10.1 Å². The third-order valence-electron chi connectivity index (χ3n) is 5.55. The number of carbonyl (C=O) groups excluding carboxylic acids is 2. The maximum absolute atomic E-state index is 13.5. The molecule has 0 radical (unpaired) electrons. The monoisotopic (exact) mass is 643 g/mol. The number of unbranched alkanes of at least 4 members (excludes halogenated alkanes) is 2. The van der Waals surface area contributed by atoms with Crippen molar-refractivity contribution in [1.29, 1.82) is 0 Å². The number of rotatable bonds is 29. The average Bonchev–Trinajstić information content (AvgIpc) is 3.00. The van der Waals surface area contributed by atoms with Crippen molar-refractivity contribution < 1.29 is 65.0 Å². The minimum absolute atomic E-state index is 0.00387. The van der Waals surface area contributed by atoms with E-state index >= 15 is 0 Å². The van der Waals surface area contributed by atoms with Crippen LogP contribution in [-0.2, 0) is 42.7 Å². The van der Waals surface area contributed by atoms with Crippen molar-refractivity contribution in [3.63, 3.8) is 0 Å². The first-order chi connectivity index (χ1) is 21.4. The van der Waals surface area contributed by atoms with Crippen LogP contribution in [0.25, 0.3) is 0 Å². The van der Waals surface area contributed by atoms with Crippen molar-refractivity contribution in [3.8, 4) is 5.75 Å². The van der Waals surface area contributed by atoms with Gasteiger partial charge in [-0.2, -0.15) is 8.78 Å². The molecular formula is C29H45F4NO10. The Morgan fingerprint density at radius 2 is 0.977 bits per heavy atom. The van der Waals surface area contributed by atoms with Crippen LogP contribution in [0, 0.1) is 23.3 Å². The molecule has 0 unspecified atom stereocenters. The summed E-state index contributed by atoms with van der Waals surface area (Å²) in [6, 6.07) is 0.0173. The fraction of sp³-hybridized carbons (Fsp3) is 0.724. The quantitative estimate of drug-likeness (QED) is 0.0458. The topological polar surface area (TPSA) is 120 Å². The van der Waals surface area contributed by atoms with E-state index in [0.29, 0.717) is 85.6 Å². The van der Waals surface area contributed by atoms with E-state index in [0.717, 1.165) is 19.3 Å². The van der Waals surface area contributed by atoms with Gasteiger partial charge in [0.1, 0.15) is 0 Å². The Morgan fingerprint density at radius 3 is 1.39 bits per heavy atom. The molecule has 0 saturated heterocycles. The number of ether oxygens (including phenoxy) is 8. The lowest BCUT2D eigenvalue weighted by atomic mass is 10.2. The first kappa shape index (κ1) is 39.6. The summed E-state index contributed by atoms with van der Waals surface area (Å²) in [6.07, 6.45) is 3.19. The van der Waals surface area contributed by atoms with Crippen molar-refractivity contribution >= 4 is 11.9 Å². The van der Waals surface area contributed by atoms with Crippen LogP contribution in [0.2, 0.25) is 0 Å². The van der Waals surface area contributed by atoms with Crippen LogP contribution >= 0.6 is 0 Å². The molecule has 0 heterocycles. The summed E-state index contributed by atoms with van der Waals surface area (Å²) in [4.78, 5) is 23.2. The Bertz CT molecular complexity index is 887. The van der Waals surface area contributed by atoms with Crippen molar-refractivity contribution in [1.82, 2.24) is 5.32 Å². The molecular weight excluding hydrogens is 598 g/mol. The molecule has 254 valence electrons. The van der Waals surface area contributed by atoms with Gasteiger partial charge < -0.3 is 43.2 Å². The Kier molecular flexibility index (Phi) is 24.3. The summed E-state index contributed by atoms with van der Waals surface area (Å²) in [6.45, 7) is 7.35. The molecule has 0 saturated carbocycles. The van der Waals surface area contributed by atoms with E-state index in [9.17, 15) is 27.2 Å². The van der Waals surface area contributed by atoms with Gasteiger partial charge in [0.25, 0.3) is 0 Å². The number of hydrogen-bond donors (Lipinski definition) is 1. The van der Waals surface area contributed by atoms with Gasteiger partial charge in [-0.25, -0.2) is 8.78 Å². The van der Waals surface area contributed by atoms with Gasteiger partial charge in [-0.15, -0.1) is 0 Å². The number of nitrogens with one attached hydrogen (secondary N) is 1. The largest absolute Gasteiger partial charge is 0.420 e. The lowest BCUT2D eigenvalue weighted by Crippen LogP contribution is -2.25. The Labute approximate surface area is 255 Å². The van der Waals surface area contributed by atoms with E-state index in [1.165, 1.54) is 0 Å². The number of esters is 1. The zero-order valence-corrected chi connectivity index (χ0v) is 25.3. The molecule has 1 rings (SSSR count). The lowest BCUT2D eigenvalue weighted by Gasteiger charge is -2.09. The van der Waals surface area contributed by atoms with Crippen molar-refractivity contribution in [2.24, 2.45) is 0 Å². The minimum Gasteiger partial charge on any atom is -0.420 e. The van der Waals surface area contributed by atoms with Crippen LogP contribution in [0.15, 0.2) is 6.07 Å². The first-order valence-electron chi connectivity index (χ1n) is 14.7. The van der Waals surface area contributed by atoms with E-state index in [-0.39, 0.29) is 31.8 Å². The molecule has 44 heavy (non-hydrogen) atoms. The second-order valence-corrected chi connectivity index (χ2v) is 9.12. The molecule has 0 aliphatic heterocycles. The molecule has 0 spiro atoms. The Morgan fingerprint density at radius 1 is 0.591 bits per heavy atom. The smallest absolute Gasteiger partial charge is 0.313 e. The van der Waals surface area contributed by atoms with Crippen LogP contribution in [-0.4, -0.2) is 111 Å². The highest BCUT2D eigenvalue weighted by Gasteiger charge is 2.22. The minimum atomic E-state index is -1.79. The van der Waals surface area contributed by atoms with E-state index < -0.39 is 41.4 Å². The summed E-state index contributed by atoms with van der Waals surface area (Å²) < 4.78 is 95.0. The van der Waals surface area contributed by atoms with Gasteiger partial charge in [-0.1, -0.05) is 19.8 Å². The molecule has 11 nitrogen and oxygen atoms in total. The molecule has 0 bridgehead atoms. The van der Waals surface area contributed by atoms with Gasteiger partial charge in [0.2, 0.25) is 23.3 Å². The Hall–Kier alpha value is -2.40. The highest BCUT2D eigenvalue weighted by Crippen LogP contribution is 2.26. The van der Waals surface area contributed by atoms with E-state index in [1.807, 2.05) is 0 Å². The van der Waals surface area contributed by atoms with E-state index in [1.54, 1.807) is 0 Å².